The van der Waals surface area contributed by atoms with Crippen molar-refractivity contribution in [2.45, 2.75) is 32.2 Å². The third-order valence-electron chi connectivity index (χ3n) is 0.954. The fraction of sp³-hybridized carbons (Fsp3) is 1.00. The molecule has 0 aliphatic rings. The van der Waals surface area contributed by atoms with Crippen molar-refractivity contribution in [1.29, 1.82) is 0 Å². The average molecular weight is 147 g/mol. The van der Waals surface area contributed by atoms with Gasteiger partial charge in [-0.1, -0.05) is 13.8 Å². The molecule has 0 saturated heterocycles. The van der Waals surface area contributed by atoms with Gasteiger partial charge in [0, 0.05) is 5.37 Å². The Morgan fingerprint density at radius 3 is 1.89 bits per heavy atom. The summed E-state index contributed by atoms with van der Waals surface area (Å²) in [6, 6.07) is 0.365. The van der Waals surface area contributed by atoms with E-state index in [9.17, 15) is 0 Å². The Morgan fingerprint density at radius 1 is 1.33 bits per heavy atom. The second-order valence-electron chi connectivity index (χ2n) is 2.41. The standard InChI is InChI=1S/C6H15N2S/c1-5(2)7-8(4)6(3)9/h5-6,9H,1-4H3/q-1. The first kappa shape index (κ1) is 9.27. The van der Waals surface area contributed by atoms with E-state index >= 15 is 0 Å². The first-order valence-electron chi connectivity index (χ1n) is 3.15. The highest BCUT2D eigenvalue weighted by Crippen LogP contribution is 2.08. The van der Waals surface area contributed by atoms with Crippen LogP contribution in [0, 0.1) is 0 Å². The number of thiol groups is 1. The van der Waals surface area contributed by atoms with Crippen LogP contribution in [0.15, 0.2) is 0 Å². The van der Waals surface area contributed by atoms with Crippen molar-refractivity contribution in [3.05, 3.63) is 5.43 Å². The van der Waals surface area contributed by atoms with Crippen molar-refractivity contribution in [3.63, 3.8) is 0 Å². The molecule has 3 heteroatoms. The van der Waals surface area contributed by atoms with E-state index in [1.807, 2.05) is 32.8 Å². The summed E-state index contributed by atoms with van der Waals surface area (Å²) in [4.78, 5) is 0. The van der Waals surface area contributed by atoms with Crippen LogP contribution in [0.5, 0.6) is 0 Å². The van der Waals surface area contributed by atoms with Crippen molar-refractivity contribution < 1.29 is 0 Å². The molecule has 2 nitrogen and oxygen atoms in total. The molecule has 0 radical (unpaired) electrons. The van der Waals surface area contributed by atoms with E-state index in [4.69, 9.17) is 0 Å². The quantitative estimate of drug-likeness (QED) is 0.366. The van der Waals surface area contributed by atoms with Gasteiger partial charge < -0.3 is 10.4 Å². The van der Waals surface area contributed by atoms with Crippen LogP contribution in [0.2, 0.25) is 0 Å². The fourth-order valence-corrected chi connectivity index (χ4v) is 0.520. The summed E-state index contributed by atoms with van der Waals surface area (Å²) < 4.78 is 0. The molecule has 0 aromatic carbocycles. The molecule has 0 aliphatic heterocycles. The molecule has 9 heavy (non-hydrogen) atoms. The Morgan fingerprint density at radius 2 is 1.78 bits per heavy atom. The lowest BCUT2D eigenvalue weighted by Gasteiger charge is -2.39. The van der Waals surface area contributed by atoms with Crippen LogP contribution in [-0.2, 0) is 0 Å². The summed E-state index contributed by atoms with van der Waals surface area (Å²) in [5, 5.41) is 2.07. The van der Waals surface area contributed by atoms with Gasteiger partial charge in [0.25, 0.3) is 0 Å². The van der Waals surface area contributed by atoms with Gasteiger partial charge in [0.1, 0.15) is 0 Å². The highest BCUT2D eigenvalue weighted by molar-refractivity contribution is 7.80. The lowest BCUT2D eigenvalue weighted by atomic mass is 10.4. The second-order valence-corrected chi connectivity index (χ2v) is 3.16. The molecule has 56 valence electrons. The SMILES string of the molecule is CC(C)[N-]N(C)C(C)S. The van der Waals surface area contributed by atoms with E-state index < -0.39 is 0 Å². The third-order valence-corrected chi connectivity index (χ3v) is 1.29. The first-order valence-corrected chi connectivity index (χ1v) is 3.67. The van der Waals surface area contributed by atoms with Crippen molar-refractivity contribution in [3.8, 4) is 0 Å². The summed E-state index contributed by atoms with van der Waals surface area (Å²) in [7, 11) is 1.93. The smallest absolute Gasteiger partial charge is 0.0331 e. The molecule has 0 saturated carbocycles. The molecule has 0 heterocycles. The predicted octanol–water partition coefficient (Wildman–Crippen LogP) is 1.89. The van der Waals surface area contributed by atoms with Crippen molar-refractivity contribution in [1.82, 2.24) is 5.01 Å². The Balaban J connectivity index is 3.38. The van der Waals surface area contributed by atoms with Crippen LogP contribution < -0.4 is 0 Å². The molecule has 0 aromatic heterocycles. The Bertz CT molecular complexity index is 73.5. The molecule has 0 aliphatic carbocycles. The van der Waals surface area contributed by atoms with E-state index in [1.54, 1.807) is 0 Å². The van der Waals surface area contributed by atoms with Gasteiger partial charge in [-0.3, -0.25) is 0 Å². The molecule has 0 N–H and O–H groups in total. The predicted molar refractivity (Wildman–Crippen MR) is 44.7 cm³/mol. The van der Waals surface area contributed by atoms with Crippen molar-refractivity contribution >= 4 is 12.6 Å². The molecular formula is C6H15N2S-. The third kappa shape index (κ3) is 4.75. The van der Waals surface area contributed by atoms with Crippen LogP contribution in [0.4, 0.5) is 0 Å². The monoisotopic (exact) mass is 147 g/mol. The minimum absolute atomic E-state index is 0.215. The first-order chi connectivity index (χ1) is 4.04. The van der Waals surface area contributed by atoms with E-state index in [2.05, 4.69) is 18.1 Å². The topological polar surface area (TPSA) is 17.3 Å². The maximum atomic E-state index is 4.23. The summed E-state index contributed by atoms with van der Waals surface area (Å²) in [6.07, 6.45) is 0. The number of hydrogen-bond donors (Lipinski definition) is 1. The maximum absolute atomic E-state index is 4.23. The zero-order chi connectivity index (χ0) is 7.44. The van der Waals surface area contributed by atoms with Crippen LogP contribution in [0.3, 0.4) is 0 Å². The lowest BCUT2D eigenvalue weighted by molar-refractivity contribution is 0.393. The Labute approximate surface area is 63.0 Å². The van der Waals surface area contributed by atoms with Crippen LogP contribution in [0.25, 0.3) is 5.43 Å². The molecule has 1 atom stereocenters. The number of hydrogen-bond acceptors (Lipinski definition) is 2. The minimum Gasteiger partial charge on any atom is -0.591 e. The summed E-state index contributed by atoms with van der Waals surface area (Å²) >= 11 is 4.20. The zero-order valence-corrected chi connectivity index (χ0v) is 7.39. The lowest BCUT2D eigenvalue weighted by Crippen LogP contribution is -2.22. The molecule has 0 rings (SSSR count). The van der Waals surface area contributed by atoms with Crippen molar-refractivity contribution in [2.75, 3.05) is 7.05 Å². The van der Waals surface area contributed by atoms with Gasteiger partial charge in [0.05, 0.1) is 0 Å². The second kappa shape index (κ2) is 4.14. The highest BCUT2D eigenvalue weighted by atomic mass is 32.1. The molecule has 0 spiro atoms. The van der Waals surface area contributed by atoms with Gasteiger partial charge in [-0.15, -0.1) is 6.04 Å². The average Bonchev–Trinajstić information content (AvgIpc) is 1.63. The van der Waals surface area contributed by atoms with Gasteiger partial charge in [0.15, 0.2) is 0 Å². The maximum Gasteiger partial charge on any atom is 0.0331 e. The molecule has 0 fully saturated rings. The Kier molecular flexibility index (Phi) is 4.27. The van der Waals surface area contributed by atoms with Gasteiger partial charge >= 0.3 is 0 Å². The number of nitrogens with zero attached hydrogens (tertiary/aromatic N) is 2. The normalized spacial score (nSPS) is 15.0. The minimum atomic E-state index is 0.215. The highest BCUT2D eigenvalue weighted by Gasteiger charge is 1.91. The van der Waals surface area contributed by atoms with E-state index in [0.717, 1.165) is 0 Å². The molecule has 0 aromatic rings. The molecule has 1 unspecified atom stereocenters. The van der Waals surface area contributed by atoms with Gasteiger partial charge in [0.2, 0.25) is 0 Å². The van der Waals surface area contributed by atoms with Gasteiger partial charge in [-0.25, -0.2) is 0 Å². The van der Waals surface area contributed by atoms with Gasteiger partial charge in [-0.2, -0.15) is 12.6 Å². The zero-order valence-electron chi connectivity index (χ0n) is 6.50. The summed E-state index contributed by atoms with van der Waals surface area (Å²) in [6.45, 7) is 6.09. The largest absolute Gasteiger partial charge is 0.591 e. The summed E-state index contributed by atoms with van der Waals surface area (Å²) in [5.41, 5.74) is 4.23. The van der Waals surface area contributed by atoms with E-state index in [-0.39, 0.29) is 5.37 Å². The van der Waals surface area contributed by atoms with E-state index in [1.165, 1.54) is 0 Å². The fourth-order valence-electron chi connectivity index (χ4n) is 0.461. The molecular weight excluding hydrogens is 132 g/mol. The summed E-state index contributed by atoms with van der Waals surface area (Å²) in [5.74, 6) is 0. The van der Waals surface area contributed by atoms with E-state index in [0.29, 0.717) is 6.04 Å². The van der Waals surface area contributed by atoms with Gasteiger partial charge in [-0.05, 0) is 14.0 Å². The van der Waals surface area contributed by atoms with Crippen LogP contribution in [-0.4, -0.2) is 23.5 Å². The van der Waals surface area contributed by atoms with Crippen molar-refractivity contribution in [2.24, 2.45) is 0 Å². The molecule has 0 bridgehead atoms. The number of rotatable bonds is 3. The Hall–Kier alpha value is 0.270. The van der Waals surface area contributed by atoms with Crippen LogP contribution >= 0.6 is 12.6 Å². The molecule has 0 amide bonds. The van der Waals surface area contributed by atoms with Crippen LogP contribution in [0.1, 0.15) is 20.8 Å².